The third-order valence-electron chi connectivity index (χ3n) is 2.75. The van der Waals surface area contributed by atoms with E-state index in [1.807, 2.05) is 0 Å². The fraction of sp³-hybridized carbons (Fsp3) is 0.417. The minimum atomic E-state index is -5.11. The van der Waals surface area contributed by atoms with E-state index in [0.717, 1.165) is 0 Å². The van der Waals surface area contributed by atoms with E-state index in [0.29, 0.717) is 12.1 Å². The molecule has 0 fully saturated rings. The number of halogens is 4. The highest BCUT2D eigenvalue weighted by Gasteiger charge is 2.39. The van der Waals surface area contributed by atoms with Crippen molar-refractivity contribution in [2.75, 3.05) is 0 Å². The van der Waals surface area contributed by atoms with Crippen LogP contribution in [0.3, 0.4) is 0 Å². The molecule has 0 aliphatic carbocycles. The van der Waals surface area contributed by atoms with Gasteiger partial charge in [-0.2, -0.15) is 17.9 Å². The molecular weight excluding hydrogens is 330 g/mol. The molecule has 10 heteroatoms. The lowest BCUT2D eigenvalue weighted by molar-refractivity contribution is -0.140. The van der Waals surface area contributed by atoms with Crippen LogP contribution in [-0.4, -0.2) is 25.5 Å². The maximum absolute atomic E-state index is 13.0. The Bertz CT molecular complexity index is 670. The zero-order chi connectivity index (χ0) is 17.3. The third-order valence-corrected chi connectivity index (χ3v) is 4.25. The van der Waals surface area contributed by atoms with Gasteiger partial charge in [-0.25, -0.2) is 12.8 Å². The zero-order valence-corrected chi connectivity index (χ0v) is 12.3. The summed E-state index contributed by atoms with van der Waals surface area (Å²) in [6.07, 6.45) is -5.11. The van der Waals surface area contributed by atoms with Gasteiger partial charge in [0.2, 0.25) is 10.0 Å². The number of sulfonamides is 1. The standard InChI is InChI=1S/C12H13F4NO4S/c1-6(2)10(11(18)19)17-22(20,21)9-4-3-7(13)5-8(9)12(14,15)16/h3-6,10,17H,1-2H3,(H,18,19). The summed E-state index contributed by atoms with van der Waals surface area (Å²) in [4.78, 5) is 9.75. The molecule has 0 saturated carbocycles. The predicted molar refractivity (Wildman–Crippen MR) is 68.0 cm³/mol. The summed E-state index contributed by atoms with van der Waals surface area (Å²) in [6, 6.07) is -0.579. The molecule has 0 spiro atoms. The van der Waals surface area contributed by atoms with E-state index in [4.69, 9.17) is 5.11 Å². The van der Waals surface area contributed by atoms with Gasteiger partial charge in [0.25, 0.3) is 0 Å². The zero-order valence-electron chi connectivity index (χ0n) is 11.5. The van der Waals surface area contributed by atoms with Crippen molar-refractivity contribution < 1.29 is 35.9 Å². The van der Waals surface area contributed by atoms with Crippen LogP contribution in [0.15, 0.2) is 23.1 Å². The average molecular weight is 343 g/mol. The summed E-state index contributed by atoms with van der Waals surface area (Å²) in [5, 5.41) is 8.92. The topological polar surface area (TPSA) is 83.5 Å². The minimum Gasteiger partial charge on any atom is -0.480 e. The van der Waals surface area contributed by atoms with Crippen LogP contribution in [0, 0.1) is 11.7 Å². The largest absolute Gasteiger partial charge is 0.480 e. The second kappa shape index (κ2) is 6.21. The van der Waals surface area contributed by atoms with Crippen molar-refractivity contribution in [1.82, 2.24) is 4.72 Å². The number of aliphatic carboxylic acids is 1. The molecule has 1 unspecified atom stereocenters. The van der Waals surface area contributed by atoms with E-state index in [-0.39, 0.29) is 6.07 Å². The van der Waals surface area contributed by atoms with Crippen LogP contribution < -0.4 is 4.72 Å². The molecule has 0 aliphatic heterocycles. The van der Waals surface area contributed by atoms with E-state index in [1.165, 1.54) is 13.8 Å². The van der Waals surface area contributed by atoms with E-state index in [2.05, 4.69) is 0 Å². The Morgan fingerprint density at radius 2 is 1.82 bits per heavy atom. The fourth-order valence-corrected chi connectivity index (χ4v) is 3.21. The van der Waals surface area contributed by atoms with Gasteiger partial charge in [0, 0.05) is 0 Å². The number of carboxylic acid groups (broad SMARTS) is 1. The van der Waals surface area contributed by atoms with Gasteiger partial charge in [-0.3, -0.25) is 4.79 Å². The van der Waals surface area contributed by atoms with Crippen molar-refractivity contribution in [2.24, 2.45) is 5.92 Å². The maximum atomic E-state index is 13.0. The molecule has 1 rings (SSSR count). The number of nitrogens with one attached hydrogen (secondary N) is 1. The molecule has 2 N–H and O–H groups in total. The monoisotopic (exact) mass is 343 g/mol. The highest BCUT2D eigenvalue weighted by atomic mass is 32.2. The van der Waals surface area contributed by atoms with Gasteiger partial charge in [0.15, 0.2) is 0 Å². The van der Waals surface area contributed by atoms with Crippen LogP contribution in [0.5, 0.6) is 0 Å². The van der Waals surface area contributed by atoms with Crippen molar-refractivity contribution in [2.45, 2.75) is 31.0 Å². The second-order valence-electron chi connectivity index (χ2n) is 4.82. The number of benzene rings is 1. The Labute approximate surface area is 124 Å². The Balaban J connectivity index is 3.38. The number of hydrogen-bond acceptors (Lipinski definition) is 3. The molecule has 0 saturated heterocycles. The summed E-state index contributed by atoms with van der Waals surface area (Å²) in [5.41, 5.74) is -1.70. The van der Waals surface area contributed by atoms with Gasteiger partial charge < -0.3 is 5.11 Å². The first-order chi connectivity index (χ1) is 9.86. The second-order valence-corrected chi connectivity index (χ2v) is 6.50. The Kier molecular flexibility index (Phi) is 5.18. The van der Waals surface area contributed by atoms with Gasteiger partial charge in [0.05, 0.1) is 10.5 Å². The number of rotatable bonds is 5. The predicted octanol–water partition coefficient (Wildman–Crippen LogP) is 2.23. The molecule has 22 heavy (non-hydrogen) atoms. The van der Waals surface area contributed by atoms with E-state index in [9.17, 15) is 30.8 Å². The SMILES string of the molecule is CC(C)C(NS(=O)(=O)c1ccc(F)cc1C(F)(F)F)C(=O)O. The third kappa shape index (κ3) is 4.17. The van der Waals surface area contributed by atoms with Gasteiger partial charge in [-0.15, -0.1) is 0 Å². The van der Waals surface area contributed by atoms with Crippen molar-refractivity contribution in [3.8, 4) is 0 Å². The molecule has 0 aromatic heterocycles. The molecule has 1 aromatic rings. The normalized spacial score (nSPS) is 14.1. The molecular formula is C12H13F4NO4S. The van der Waals surface area contributed by atoms with E-state index >= 15 is 0 Å². The molecule has 0 radical (unpaired) electrons. The summed E-state index contributed by atoms with van der Waals surface area (Å²) in [5.74, 6) is -3.50. The van der Waals surface area contributed by atoms with Crippen molar-refractivity contribution in [1.29, 1.82) is 0 Å². The first-order valence-corrected chi connectivity index (χ1v) is 7.46. The lowest BCUT2D eigenvalue weighted by Crippen LogP contribution is -2.44. The first-order valence-electron chi connectivity index (χ1n) is 5.98. The maximum Gasteiger partial charge on any atom is 0.417 e. The summed E-state index contributed by atoms with van der Waals surface area (Å²) in [7, 11) is -4.80. The van der Waals surface area contributed by atoms with Gasteiger partial charge in [-0.05, 0) is 24.1 Å². The lowest BCUT2D eigenvalue weighted by Gasteiger charge is -2.20. The fourth-order valence-electron chi connectivity index (χ4n) is 1.66. The number of hydrogen-bond donors (Lipinski definition) is 2. The Morgan fingerprint density at radius 3 is 2.23 bits per heavy atom. The number of alkyl halides is 3. The number of carboxylic acids is 1. The van der Waals surface area contributed by atoms with Crippen molar-refractivity contribution in [3.05, 3.63) is 29.6 Å². The highest BCUT2D eigenvalue weighted by molar-refractivity contribution is 7.89. The Morgan fingerprint density at radius 1 is 1.27 bits per heavy atom. The van der Waals surface area contributed by atoms with Gasteiger partial charge in [0.1, 0.15) is 11.9 Å². The highest BCUT2D eigenvalue weighted by Crippen LogP contribution is 2.34. The summed E-state index contributed by atoms with van der Waals surface area (Å²) in [6.45, 7) is 2.77. The first kappa shape index (κ1) is 18.4. The summed E-state index contributed by atoms with van der Waals surface area (Å²) < 4.78 is 77.2. The summed E-state index contributed by atoms with van der Waals surface area (Å²) >= 11 is 0. The Hall–Kier alpha value is -1.68. The van der Waals surface area contributed by atoms with Crippen molar-refractivity contribution in [3.63, 3.8) is 0 Å². The quantitative estimate of drug-likeness (QED) is 0.803. The number of carbonyl (C=O) groups is 1. The van der Waals surface area contributed by atoms with E-state index < -0.39 is 50.4 Å². The van der Waals surface area contributed by atoms with E-state index in [1.54, 1.807) is 4.72 Å². The lowest BCUT2D eigenvalue weighted by atomic mass is 10.1. The molecule has 124 valence electrons. The van der Waals surface area contributed by atoms with Crippen LogP contribution in [0.4, 0.5) is 17.6 Å². The van der Waals surface area contributed by atoms with Gasteiger partial charge >= 0.3 is 12.1 Å². The molecule has 5 nitrogen and oxygen atoms in total. The van der Waals surface area contributed by atoms with Crippen molar-refractivity contribution >= 4 is 16.0 Å². The van der Waals surface area contributed by atoms with Gasteiger partial charge in [-0.1, -0.05) is 13.8 Å². The van der Waals surface area contributed by atoms with Crippen LogP contribution in [0.2, 0.25) is 0 Å². The van der Waals surface area contributed by atoms with Crippen LogP contribution >= 0.6 is 0 Å². The molecule has 0 heterocycles. The van der Waals surface area contributed by atoms with Crippen LogP contribution in [-0.2, 0) is 21.0 Å². The van der Waals surface area contributed by atoms with Crippen LogP contribution in [0.25, 0.3) is 0 Å². The average Bonchev–Trinajstić information content (AvgIpc) is 2.34. The molecule has 0 aliphatic rings. The molecule has 0 amide bonds. The smallest absolute Gasteiger partial charge is 0.417 e. The molecule has 0 bridgehead atoms. The minimum absolute atomic E-state index is 0.0414. The molecule has 1 aromatic carbocycles. The van der Waals surface area contributed by atoms with Crippen LogP contribution in [0.1, 0.15) is 19.4 Å². The molecule has 1 atom stereocenters.